The molecular weight excluding hydrogens is 234 g/mol. The molecule has 1 aliphatic heterocycles. The molecule has 1 radical (unpaired) electrons. The lowest BCUT2D eigenvalue weighted by molar-refractivity contribution is -0.0645. The van der Waals surface area contributed by atoms with E-state index >= 15 is 0 Å². The monoisotopic (exact) mass is 254 g/mol. The maximum Gasteiger partial charge on any atom is 0.160 e. The molecule has 0 spiro atoms. The number of benzene rings is 2. The molecular formula is C17H20NO. The molecule has 1 saturated heterocycles. The van der Waals surface area contributed by atoms with Crippen molar-refractivity contribution >= 4 is 10.8 Å². The Morgan fingerprint density at radius 3 is 2.79 bits per heavy atom. The Balaban J connectivity index is 2.10. The van der Waals surface area contributed by atoms with E-state index in [0.29, 0.717) is 0 Å². The normalized spacial score (nSPS) is 23.0. The number of rotatable bonds is 4. The predicted molar refractivity (Wildman–Crippen MR) is 78.1 cm³/mol. The van der Waals surface area contributed by atoms with E-state index in [1.54, 1.807) is 0 Å². The van der Waals surface area contributed by atoms with Crippen molar-refractivity contribution in [2.45, 2.75) is 31.9 Å². The Labute approximate surface area is 114 Å². The topological polar surface area (TPSA) is 23.3 Å². The Kier molecular flexibility index (Phi) is 3.54. The highest BCUT2D eigenvalue weighted by molar-refractivity contribution is 5.86. The first-order chi connectivity index (χ1) is 9.36. The van der Waals surface area contributed by atoms with Crippen LogP contribution in [-0.4, -0.2) is 13.2 Å². The zero-order valence-electron chi connectivity index (χ0n) is 11.4. The summed E-state index contributed by atoms with van der Waals surface area (Å²) in [7, 11) is 0. The van der Waals surface area contributed by atoms with Gasteiger partial charge in [0.2, 0.25) is 0 Å². The Hall–Kier alpha value is -1.38. The molecule has 1 atom stereocenters. The molecule has 99 valence electrons. The van der Waals surface area contributed by atoms with E-state index < -0.39 is 5.72 Å². The van der Waals surface area contributed by atoms with E-state index in [1.807, 2.05) is 0 Å². The van der Waals surface area contributed by atoms with Gasteiger partial charge >= 0.3 is 0 Å². The van der Waals surface area contributed by atoms with E-state index in [1.165, 1.54) is 16.3 Å². The molecule has 2 nitrogen and oxygen atoms in total. The van der Waals surface area contributed by atoms with Gasteiger partial charge in [-0.15, -0.1) is 0 Å². The molecule has 2 heteroatoms. The molecule has 2 aromatic rings. The van der Waals surface area contributed by atoms with Gasteiger partial charge in [-0.05, 0) is 30.0 Å². The van der Waals surface area contributed by atoms with Gasteiger partial charge in [0.05, 0.1) is 0 Å². The van der Waals surface area contributed by atoms with Gasteiger partial charge in [-0.1, -0.05) is 49.4 Å². The van der Waals surface area contributed by atoms with Crippen LogP contribution in [0.1, 0.15) is 31.7 Å². The standard InChI is InChI=1S/C17H20NO/c1-2-13-19-17(11-6-12-18-17)16-10-5-8-14-7-3-4-9-15(14)16/h3-5,7-10H,2,6,11-13H2,1H3. The molecule has 19 heavy (non-hydrogen) atoms. The molecule has 1 fully saturated rings. The van der Waals surface area contributed by atoms with Crippen LogP contribution >= 0.6 is 0 Å². The van der Waals surface area contributed by atoms with Crippen LogP contribution in [0.25, 0.3) is 10.8 Å². The van der Waals surface area contributed by atoms with Gasteiger partial charge in [0, 0.05) is 18.7 Å². The lowest BCUT2D eigenvalue weighted by Crippen LogP contribution is -2.35. The fraction of sp³-hybridized carbons (Fsp3) is 0.412. The van der Waals surface area contributed by atoms with Gasteiger partial charge in [-0.3, -0.25) is 0 Å². The molecule has 0 aliphatic carbocycles. The first-order valence-corrected chi connectivity index (χ1v) is 7.16. The average Bonchev–Trinajstić information content (AvgIpc) is 2.94. The second-order valence-corrected chi connectivity index (χ2v) is 5.14. The third-order valence-electron chi connectivity index (χ3n) is 3.80. The van der Waals surface area contributed by atoms with Crippen LogP contribution < -0.4 is 5.32 Å². The van der Waals surface area contributed by atoms with Crippen molar-refractivity contribution < 1.29 is 4.74 Å². The third-order valence-corrected chi connectivity index (χ3v) is 3.80. The number of hydrogen-bond acceptors (Lipinski definition) is 1. The second-order valence-electron chi connectivity index (χ2n) is 5.14. The Morgan fingerprint density at radius 1 is 1.16 bits per heavy atom. The van der Waals surface area contributed by atoms with E-state index in [0.717, 1.165) is 32.4 Å². The number of hydrogen-bond donors (Lipinski definition) is 0. The Bertz CT molecular complexity index is 553. The molecule has 2 aromatic carbocycles. The van der Waals surface area contributed by atoms with Crippen LogP contribution in [0, 0.1) is 0 Å². The summed E-state index contributed by atoms with van der Waals surface area (Å²) in [5.74, 6) is 0. The quantitative estimate of drug-likeness (QED) is 0.813. The van der Waals surface area contributed by atoms with Crippen LogP contribution in [0.5, 0.6) is 0 Å². The highest BCUT2D eigenvalue weighted by Gasteiger charge is 2.38. The van der Waals surface area contributed by atoms with Crippen molar-refractivity contribution in [3.8, 4) is 0 Å². The number of nitrogens with zero attached hydrogens (tertiary/aromatic N) is 1. The summed E-state index contributed by atoms with van der Waals surface area (Å²) in [6, 6.07) is 14.9. The highest BCUT2D eigenvalue weighted by Crippen LogP contribution is 2.37. The first-order valence-electron chi connectivity index (χ1n) is 7.16. The van der Waals surface area contributed by atoms with Crippen molar-refractivity contribution in [1.82, 2.24) is 5.32 Å². The lowest BCUT2D eigenvalue weighted by Gasteiger charge is -2.30. The molecule has 0 amide bonds. The van der Waals surface area contributed by atoms with Gasteiger partial charge in [0.25, 0.3) is 0 Å². The van der Waals surface area contributed by atoms with Crippen LogP contribution in [-0.2, 0) is 10.5 Å². The molecule has 0 aromatic heterocycles. The fourth-order valence-electron chi connectivity index (χ4n) is 2.91. The summed E-state index contributed by atoms with van der Waals surface area (Å²) in [6.45, 7) is 3.82. The number of fused-ring (bicyclic) bond motifs is 1. The zero-order chi connectivity index (χ0) is 13.1. The summed E-state index contributed by atoms with van der Waals surface area (Å²) in [5.41, 5.74) is 0.827. The summed E-state index contributed by atoms with van der Waals surface area (Å²) in [6.07, 6.45) is 3.15. The third kappa shape index (κ3) is 2.26. The van der Waals surface area contributed by atoms with Crippen molar-refractivity contribution in [3.05, 3.63) is 48.0 Å². The van der Waals surface area contributed by atoms with Gasteiger partial charge in [0.1, 0.15) is 0 Å². The summed E-state index contributed by atoms with van der Waals surface area (Å²) in [4.78, 5) is 0. The van der Waals surface area contributed by atoms with Crippen LogP contribution in [0.15, 0.2) is 42.5 Å². The Morgan fingerprint density at radius 2 is 2.00 bits per heavy atom. The lowest BCUT2D eigenvalue weighted by atomic mass is 9.94. The maximum atomic E-state index is 6.17. The number of ether oxygens (including phenoxy) is 1. The van der Waals surface area contributed by atoms with Crippen molar-refractivity contribution in [2.75, 3.05) is 13.2 Å². The van der Waals surface area contributed by atoms with Crippen LogP contribution in [0.3, 0.4) is 0 Å². The zero-order valence-corrected chi connectivity index (χ0v) is 11.4. The van der Waals surface area contributed by atoms with Gasteiger partial charge in [0.15, 0.2) is 5.72 Å². The van der Waals surface area contributed by atoms with Crippen molar-refractivity contribution in [2.24, 2.45) is 0 Å². The molecule has 3 rings (SSSR count). The van der Waals surface area contributed by atoms with E-state index in [-0.39, 0.29) is 0 Å². The molecule has 0 bridgehead atoms. The second kappa shape index (κ2) is 5.32. The predicted octanol–water partition coefficient (Wildman–Crippen LogP) is 3.82. The van der Waals surface area contributed by atoms with Gasteiger partial charge in [-0.2, -0.15) is 0 Å². The summed E-state index contributed by atoms with van der Waals surface area (Å²) in [5, 5.41) is 7.34. The minimum Gasteiger partial charge on any atom is -0.355 e. The molecule has 0 saturated carbocycles. The minimum atomic E-state index is -0.406. The first kappa shape index (κ1) is 12.6. The summed E-state index contributed by atoms with van der Waals surface area (Å²) >= 11 is 0. The van der Waals surface area contributed by atoms with Crippen molar-refractivity contribution in [3.63, 3.8) is 0 Å². The maximum absolute atomic E-state index is 6.17. The molecule has 1 aliphatic rings. The largest absolute Gasteiger partial charge is 0.355 e. The average molecular weight is 254 g/mol. The molecule has 1 heterocycles. The highest BCUT2D eigenvalue weighted by atomic mass is 16.5. The van der Waals surface area contributed by atoms with Gasteiger partial charge in [-0.25, -0.2) is 5.32 Å². The summed E-state index contributed by atoms with van der Waals surface area (Å²) < 4.78 is 6.17. The SMILES string of the molecule is CCCOC1(c2cccc3ccccc23)CCC[N]1. The van der Waals surface area contributed by atoms with E-state index in [9.17, 15) is 0 Å². The smallest absolute Gasteiger partial charge is 0.160 e. The van der Waals surface area contributed by atoms with Crippen LogP contribution in [0.2, 0.25) is 0 Å². The van der Waals surface area contributed by atoms with Gasteiger partial charge < -0.3 is 4.74 Å². The minimum absolute atomic E-state index is 0.406. The van der Waals surface area contributed by atoms with Crippen LogP contribution in [0.4, 0.5) is 0 Å². The van der Waals surface area contributed by atoms with E-state index in [4.69, 9.17) is 10.1 Å². The fourth-order valence-corrected chi connectivity index (χ4v) is 2.91. The molecule has 1 unspecified atom stereocenters. The van der Waals surface area contributed by atoms with Crippen molar-refractivity contribution in [1.29, 1.82) is 0 Å². The van der Waals surface area contributed by atoms with E-state index in [2.05, 4.69) is 49.4 Å². The molecule has 0 N–H and O–H groups in total.